The van der Waals surface area contributed by atoms with Crippen molar-refractivity contribution >= 4 is 57.0 Å². The van der Waals surface area contributed by atoms with Gasteiger partial charge in [0, 0.05) is 15.2 Å². The Hall–Kier alpha value is -0.920. The van der Waals surface area contributed by atoms with Crippen LogP contribution in [0.25, 0.3) is 0 Å². The van der Waals surface area contributed by atoms with Crippen molar-refractivity contribution in [3.8, 4) is 0 Å². The van der Waals surface area contributed by atoms with Crippen LogP contribution in [-0.4, -0.2) is 39.7 Å². The normalized spacial score (nSPS) is 18.4. The molecule has 5 nitrogen and oxygen atoms in total. The fourth-order valence-electron chi connectivity index (χ4n) is 1.63. The maximum Gasteiger partial charge on any atom is 0.327 e. The van der Waals surface area contributed by atoms with Crippen molar-refractivity contribution in [1.82, 2.24) is 4.90 Å². The predicted molar refractivity (Wildman–Crippen MR) is 78.8 cm³/mol. The first kappa shape index (κ1) is 14.5. The molecule has 0 aromatic heterocycles. The molecule has 1 aliphatic rings. The standard InChI is InChI=1S/C11H10BrClN2O3S/c12-7-3-6(13)1-2-8(7)14-11(18)15-5-19-4-9(15)10(16)17/h1-3,9H,4-5H2,(H,14,18)(H,16,17)/t9-/m0/s1. The lowest BCUT2D eigenvalue weighted by molar-refractivity contribution is -0.140. The monoisotopic (exact) mass is 364 g/mol. The summed E-state index contributed by atoms with van der Waals surface area (Å²) in [6, 6.07) is 3.75. The Bertz CT molecular complexity index is 529. The Morgan fingerprint density at radius 1 is 1.53 bits per heavy atom. The first-order valence-corrected chi connectivity index (χ1v) is 7.65. The Balaban J connectivity index is 2.10. The smallest absolute Gasteiger partial charge is 0.327 e. The van der Waals surface area contributed by atoms with Crippen molar-refractivity contribution in [2.45, 2.75) is 6.04 Å². The second kappa shape index (κ2) is 6.02. The first-order valence-electron chi connectivity index (χ1n) is 5.32. The molecule has 8 heteroatoms. The molecule has 1 aromatic rings. The van der Waals surface area contributed by atoms with E-state index in [1.807, 2.05) is 0 Å². The van der Waals surface area contributed by atoms with E-state index < -0.39 is 18.0 Å². The van der Waals surface area contributed by atoms with Crippen LogP contribution < -0.4 is 5.32 Å². The summed E-state index contributed by atoms with van der Waals surface area (Å²) in [7, 11) is 0. The van der Waals surface area contributed by atoms with Crippen LogP contribution in [0.5, 0.6) is 0 Å². The maximum absolute atomic E-state index is 12.1. The number of nitrogens with one attached hydrogen (secondary N) is 1. The second-order valence-corrected chi connectivity index (χ2v) is 6.17. The minimum Gasteiger partial charge on any atom is -0.480 e. The fraction of sp³-hybridized carbons (Fsp3) is 0.273. The van der Waals surface area contributed by atoms with Crippen LogP contribution in [0.4, 0.5) is 10.5 Å². The highest BCUT2D eigenvalue weighted by atomic mass is 79.9. The van der Waals surface area contributed by atoms with Crippen molar-refractivity contribution < 1.29 is 14.7 Å². The van der Waals surface area contributed by atoms with Gasteiger partial charge in [0.15, 0.2) is 0 Å². The molecule has 0 spiro atoms. The Labute approximate surface area is 127 Å². The maximum atomic E-state index is 12.1. The van der Waals surface area contributed by atoms with Crippen LogP contribution in [0.1, 0.15) is 0 Å². The molecule has 2 N–H and O–H groups in total. The summed E-state index contributed by atoms with van der Waals surface area (Å²) in [4.78, 5) is 24.4. The number of hydrogen-bond donors (Lipinski definition) is 2. The van der Waals surface area contributed by atoms with Gasteiger partial charge in [-0.3, -0.25) is 0 Å². The number of nitrogens with zero attached hydrogens (tertiary/aromatic N) is 1. The molecular weight excluding hydrogens is 356 g/mol. The van der Waals surface area contributed by atoms with E-state index >= 15 is 0 Å². The zero-order valence-electron chi connectivity index (χ0n) is 9.60. The molecule has 1 saturated heterocycles. The third-order valence-electron chi connectivity index (χ3n) is 2.60. The molecular formula is C11H10BrClN2O3S. The minimum atomic E-state index is -0.990. The lowest BCUT2D eigenvalue weighted by Gasteiger charge is -2.21. The molecule has 2 amide bonds. The van der Waals surface area contributed by atoms with Crippen molar-refractivity contribution in [2.24, 2.45) is 0 Å². The van der Waals surface area contributed by atoms with E-state index in [1.54, 1.807) is 18.2 Å². The van der Waals surface area contributed by atoms with E-state index in [9.17, 15) is 9.59 Å². The number of aliphatic carboxylic acids is 1. The van der Waals surface area contributed by atoms with E-state index in [4.69, 9.17) is 16.7 Å². The molecule has 0 bridgehead atoms. The highest BCUT2D eigenvalue weighted by molar-refractivity contribution is 9.10. The number of halogens is 2. The summed E-state index contributed by atoms with van der Waals surface area (Å²) in [6.45, 7) is 0. The summed E-state index contributed by atoms with van der Waals surface area (Å²) in [5, 5.41) is 12.2. The van der Waals surface area contributed by atoms with Crippen molar-refractivity contribution in [1.29, 1.82) is 0 Å². The lowest BCUT2D eigenvalue weighted by atomic mass is 10.3. The molecule has 19 heavy (non-hydrogen) atoms. The predicted octanol–water partition coefficient (Wildman–Crippen LogP) is 3.09. The largest absolute Gasteiger partial charge is 0.480 e. The number of carbonyl (C=O) groups excluding carboxylic acids is 1. The number of amides is 2. The quantitative estimate of drug-likeness (QED) is 0.845. The van der Waals surface area contributed by atoms with Gasteiger partial charge in [0.2, 0.25) is 0 Å². The van der Waals surface area contributed by atoms with Crippen molar-refractivity contribution in [2.75, 3.05) is 16.9 Å². The number of carbonyl (C=O) groups is 2. The second-order valence-electron chi connectivity index (χ2n) is 3.88. The molecule has 2 rings (SSSR count). The number of hydrogen-bond acceptors (Lipinski definition) is 3. The Morgan fingerprint density at radius 3 is 2.89 bits per heavy atom. The van der Waals surface area contributed by atoms with Gasteiger partial charge in [-0.1, -0.05) is 11.6 Å². The number of rotatable bonds is 2. The van der Waals surface area contributed by atoms with Crippen LogP contribution in [0.2, 0.25) is 5.02 Å². The molecule has 1 aliphatic heterocycles. The molecule has 0 saturated carbocycles. The number of carboxylic acid groups (broad SMARTS) is 1. The number of carboxylic acids is 1. The van der Waals surface area contributed by atoms with E-state index in [0.29, 0.717) is 26.8 Å². The van der Waals surface area contributed by atoms with Gasteiger partial charge >= 0.3 is 12.0 Å². The third kappa shape index (κ3) is 3.34. The molecule has 0 unspecified atom stereocenters. The SMILES string of the molecule is O=C(O)[C@@H]1CSCN1C(=O)Nc1ccc(Cl)cc1Br. The molecule has 0 radical (unpaired) electrons. The molecule has 1 fully saturated rings. The summed E-state index contributed by atoms with van der Waals surface area (Å²) in [6.07, 6.45) is 0. The summed E-state index contributed by atoms with van der Waals surface area (Å²) < 4.78 is 0.645. The summed E-state index contributed by atoms with van der Waals surface area (Å²) in [5.74, 6) is -0.214. The zero-order valence-corrected chi connectivity index (χ0v) is 12.8. The van der Waals surface area contributed by atoms with Gasteiger partial charge in [0.1, 0.15) is 6.04 Å². The highest BCUT2D eigenvalue weighted by Gasteiger charge is 2.34. The van der Waals surface area contributed by atoms with Gasteiger partial charge in [-0.2, -0.15) is 0 Å². The van der Waals surface area contributed by atoms with E-state index in [1.165, 1.54) is 16.7 Å². The zero-order chi connectivity index (χ0) is 14.0. The van der Waals surface area contributed by atoms with Gasteiger partial charge in [-0.15, -0.1) is 11.8 Å². The highest BCUT2D eigenvalue weighted by Crippen LogP contribution is 2.27. The molecule has 1 aromatic carbocycles. The summed E-state index contributed by atoms with van der Waals surface area (Å²) in [5.41, 5.74) is 0.551. The van der Waals surface area contributed by atoms with Gasteiger partial charge in [-0.25, -0.2) is 9.59 Å². The number of urea groups is 1. The van der Waals surface area contributed by atoms with Gasteiger partial charge < -0.3 is 15.3 Å². The Kier molecular flexibility index (Phi) is 4.59. The number of anilines is 1. The first-order chi connectivity index (χ1) is 8.99. The topological polar surface area (TPSA) is 69.6 Å². The van der Waals surface area contributed by atoms with Gasteiger partial charge in [0.05, 0.1) is 11.6 Å². The van der Waals surface area contributed by atoms with Gasteiger partial charge in [0.25, 0.3) is 0 Å². The lowest BCUT2D eigenvalue weighted by Crippen LogP contribution is -2.44. The van der Waals surface area contributed by atoms with Crippen LogP contribution in [0.3, 0.4) is 0 Å². The fourth-order valence-corrected chi connectivity index (χ4v) is 3.55. The summed E-state index contributed by atoms with van der Waals surface area (Å²) >= 11 is 10.5. The third-order valence-corrected chi connectivity index (χ3v) is 4.50. The van der Waals surface area contributed by atoms with Crippen molar-refractivity contribution in [3.63, 3.8) is 0 Å². The molecule has 102 valence electrons. The average Bonchev–Trinajstić information content (AvgIpc) is 2.82. The minimum absolute atomic E-state index is 0.369. The number of thioether (sulfide) groups is 1. The Morgan fingerprint density at radius 2 is 2.26 bits per heavy atom. The molecule has 0 aliphatic carbocycles. The van der Waals surface area contributed by atoms with Crippen LogP contribution in [0.15, 0.2) is 22.7 Å². The molecule has 1 heterocycles. The van der Waals surface area contributed by atoms with E-state index in [2.05, 4.69) is 21.2 Å². The molecule has 1 atom stereocenters. The van der Waals surface area contributed by atoms with E-state index in [-0.39, 0.29) is 0 Å². The van der Waals surface area contributed by atoms with Crippen molar-refractivity contribution in [3.05, 3.63) is 27.7 Å². The average molecular weight is 366 g/mol. The van der Waals surface area contributed by atoms with Crippen LogP contribution in [-0.2, 0) is 4.79 Å². The van der Waals surface area contributed by atoms with Gasteiger partial charge in [-0.05, 0) is 34.1 Å². The van der Waals surface area contributed by atoms with Crippen LogP contribution in [0, 0.1) is 0 Å². The number of benzene rings is 1. The van der Waals surface area contributed by atoms with E-state index in [0.717, 1.165) is 0 Å². The van der Waals surface area contributed by atoms with Crippen LogP contribution >= 0.6 is 39.3 Å².